The minimum Gasteiger partial charge on any atom is -0.493 e. The van der Waals surface area contributed by atoms with Crippen molar-refractivity contribution in [3.8, 4) is 11.6 Å². The average Bonchev–Trinajstić information content (AvgIpc) is 2.30. The Hall–Kier alpha value is -2.63. The van der Waals surface area contributed by atoms with Gasteiger partial charge in [-0.3, -0.25) is 14.6 Å². The van der Waals surface area contributed by atoms with E-state index < -0.39 is 28.5 Å². The highest BCUT2D eigenvalue weighted by Crippen LogP contribution is 2.24. The Kier molecular flexibility index (Phi) is 3.55. The van der Waals surface area contributed by atoms with Crippen molar-refractivity contribution in [1.29, 1.82) is 0 Å². The van der Waals surface area contributed by atoms with Crippen molar-refractivity contribution in [3.05, 3.63) is 55.2 Å². The smallest absolute Gasteiger partial charge is 0.335 e. The van der Waals surface area contributed by atoms with Crippen LogP contribution < -0.4 is 11.2 Å². The second-order valence-electron chi connectivity index (χ2n) is 5.10. The van der Waals surface area contributed by atoms with Crippen LogP contribution in [0.15, 0.2) is 21.7 Å². The van der Waals surface area contributed by atoms with E-state index in [0.717, 1.165) is 28.2 Å². The molecule has 0 aliphatic carbocycles. The lowest BCUT2D eigenvalue weighted by molar-refractivity contribution is 0.101. The molecule has 0 aliphatic heterocycles. The lowest BCUT2D eigenvalue weighted by atomic mass is 10.0. The van der Waals surface area contributed by atoms with E-state index in [1.165, 1.54) is 0 Å². The van der Waals surface area contributed by atoms with Gasteiger partial charge in [0.05, 0.1) is 5.69 Å². The Labute approximate surface area is 120 Å². The van der Waals surface area contributed by atoms with Crippen LogP contribution in [0.1, 0.15) is 34.0 Å². The van der Waals surface area contributed by atoms with Gasteiger partial charge in [-0.05, 0) is 38.8 Å². The molecule has 2 rings (SSSR count). The highest BCUT2D eigenvalue weighted by molar-refractivity contribution is 5.95. The number of rotatable bonds is 2. The third-order valence-electron chi connectivity index (χ3n) is 3.30. The van der Waals surface area contributed by atoms with Crippen LogP contribution in [0.25, 0.3) is 5.69 Å². The van der Waals surface area contributed by atoms with E-state index in [4.69, 9.17) is 0 Å². The molecule has 0 spiro atoms. The number of carbonyl (C=O) groups excluding carboxylic acids is 1. The maximum absolute atomic E-state index is 12.1. The number of Topliss-reactive ketones (excluding diaryl/α,β-unsaturated/α-hetero) is 1. The van der Waals surface area contributed by atoms with Gasteiger partial charge in [0.25, 0.3) is 5.56 Å². The molecule has 0 saturated carbocycles. The number of nitrogens with one attached hydrogen (secondary N) is 1. The van der Waals surface area contributed by atoms with E-state index in [-0.39, 0.29) is 0 Å². The number of benzene rings is 1. The van der Waals surface area contributed by atoms with Crippen molar-refractivity contribution in [3.63, 3.8) is 0 Å². The lowest BCUT2D eigenvalue weighted by Gasteiger charge is -2.15. The maximum Gasteiger partial charge on any atom is 0.335 e. The normalized spacial score (nSPS) is 10.7. The molecule has 0 saturated heterocycles. The first-order valence-electron chi connectivity index (χ1n) is 6.41. The number of aryl methyl sites for hydroxylation is 3. The Morgan fingerprint density at radius 1 is 1.14 bits per heavy atom. The summed E-state index contributed by atoms with van der Waals surface area (Å²) in [5.74, 6) is -1.24. The number of aromatic hydroxyl groups is 1. The maximum atomic E-state index is 12.1. The third-order valence-corrected chi connectivity index (χ3v) is 3.30. The summed E-state index contributed by atoms with van der Waals surface area (Å²) >= 11 is 0. The van der Waals surface area contributed by atoms with E-state index in [1.54, 1.807) is 13.8 Å². The van der Waals surface area contributed by atoms with Gasteiger partial charge in [-0.2, -0.15) is 0 Å². The topological polar surface area (TPSA) is 92.2 Å². The molecule has 0 atom stereocenters. The number of ketones is 1. The zero-order valence-electron chi connectivity index (χ0n) is 12.3. The first kappa shape index (κ1) is 14.8. The quantitative estimate of drug-likeness (QED) is 0.816. The number of nitrogens with zero attached hydrogens (tertiary/aromatic N) is 1. The van der Waals surface area contributed by atoms with Gasteiger partial charge in [-0.15, -0.1) is 0 Å². The van der Waals surface area contributed by atoms with Crippen molar-refractivity contribution in [2.45, 2.75) is 27.7 Å². The van der Waals surface area contributed by atoms with Crippen LogP contribution in [0.5, 0.6) is 5.88 Å². The van der Waals surface area contributed by atoms with Crippen molar-refractivity contribution < 1.29 is 9.90 Å². The van der Waals surface area contributed by atoms with Crippen LogP contribution in [-0.2, 0) is 0 Å². The van der Waals surface area contributed by atoms with Crippen molar-refractivity contribution >= 4 is 5.78 Å². The molecule has 2 N–H and O–H groups in total. The average molecular weight is 288 g/mol. The summed E-state index contributed by atoms with van der Waals surface area (Å²) in [7, 11) is 0. The molecular formula is C15H16N2O4. The van der Waals surface area contributed by atoms with Crippen LogP contribution in [-0.4, -0.2) is 20.4 Å². The van der Waals surface area contributed by atoms with Gasteiger partial charge in [-0.1, -0.05) is 17.7 Å². The van der Waals surface area contributed by atoms with Gasteiger partial charge in [0.2, 0.25) is 5.88 Å². The summed E-state index contributed by atoms with van der Waals surface area (Å²) < 4.78 is 0.961. The number of aromatic amines is 1. The summed E-state index contributed by atoms with van der Waals surface area (Å²) in [6.07, 6.45) is 0. The monoisotopic (exact) mass is 288 g/mol. The molecule has 0 aliphatic rings. The van der Waals surface area contributed by atoms with Gasteiger partial charge in [0, 0.05) is 0 Å². The second kappa shape index (κ2) is 5.05. The van der Waals surface area contributed by atoms with E-state index in [0.29, 0.717) is 5.69 Å². The molecule has 0 unspecified atom stereocenters. The predicted octanol–water partition coefficient (Wildman–Crippen LogP) is 1.36. The van der Waals surface area contributed by atoms with Gasteiger partial charge in [0.1, 0.15) is 5.56 Å². The number of carbonyl (C=O) groups is 1. The molecule has 0 amide bonds. The summed E-state index contributed by atoms with van der Waals surface area (Å²) in [4.78, 5) is 37.3. The summed E-state index contributed by atoms with van der Waals surface area (Å²) in [6, 6.07) is 3.71. The minimum atomic E-state index is -0.885. The number of hydrogen-bond acceptors (Lipinski definition) is 4. The minimum absolute atomic E-state index is 0.422. The number of H-pyrrole nitrogens is 1. The van der Waals surface area contributed by atoms with Crippen LogP contribution in [0.3, 0.4) is 0 Å². The van der Waals surface area contributed by atoms with E-state index in [1.807, 2.05) is 19.1 Å². The largest absolute Gasteiger partial charge is 0.493 e. The molecule has 110 valence electrons. The molecule has 1 aromatic carbocycles. The van der Waals surface area contributed by atoms with Crippen molar-refractivity contribution in [1.82, 2.24) is 9.55 Å². The standard InChI is InChI=1S/C15H16N2O4/c1-7-5-8(2)12(9(3)6-7)17-14(20)11(10(4)18)13(19)16-15(17)21/h5-6,20H,1-4H3,(H,16,19,21). The molecule has 0 fully saturated rings. The van der Waals surface area contributed by atoms with Crippen LogP contribution in [0.4, 0.5) is 0 Å². The van der Waals surface area contributed by atoms with Crippen LogP contribution >= 0.6 is 0 Å². The third kappa shape index (κ3) is 2.40. The molecule has 0 radical (unpaired) electrons. The fourth-order valence-corrected chi connectivity index (χ4v) is 2.57. The van der Waals surface area contributed by atoms with E-state index in [9.17, 15) is 19.5 Å². The molecule has 21 heavy (non-hydrogen) atoms. The van der Waals surface area contributed by atoms with Gasteiger partial charge >= 0.3 is 5.69 Å². The fourth-order valence-electron chi connectivity index (χ4n) is 2.57. The molecule has 2 aromatic rings. The zero-order chi connectivity index (χ0) is 15.9. The van der Waals surface area contributed by atoms with Crippen LogP contribution in [0.2, 0.25) is 0 Å². The summed E-state index contributed by atoms with van der Waals surface area (Å²) in [6.45, 7) is 6.66. The highest BCUT2D eigenvalue weighted by Gasteiger charge is 2.20. The first-order valence-corrected chi connectivity index (χ1v) is 6.41. The number of hydrogen-bond donors (Lipinski definition) is 2. The van der Waals surface area contributed by atoms with Gasteiger partial charge < -0.3 is 5.11 Å². The summed E-state index contributed by atoms with van der Waals surface area (Å²) in [5.41, 5.74) is 0.896. The zero-order valence-corrected chi connectivity index (χ0v) is 12.3. The van der Waals surface area contributed by atoms with Gasteiger partial charge in [-0.25, -0.2) is 9.36 Å². The Morgan fingerprint density at radius 3 is 2.14 bits per heavy atom. The first-order chi connectivity index (χ1) is 9.73. The van der Waals surface area contributed by atoms with Crippen molar-refractivity contribution in [2.75, 3.05) is 0 Å². The summed E-state index contributed by atoms with van der Waals surface area (Å²) in [5, 5.41) is 10.2. The Balaban J connectivity index is 2.96. The van der Waals surface area contributed by atoms with Crippen LogP contribution in [0, 0.1) is 20.8 Å². The van der Waals surface area contributed by atoms with E-state index >= 15 is 0 Å². The van der Waals surface area contributed by atoms with Gasteiger partial charge in [0.15, 0.2) is 5.78 Å². The van der Waals surface area contributed by atoms with E-state index in [2.05, 4.69) is 4.98 Å². The molecular weight excluding hydrogens is 272 g/mol. The Bertz CT molecular complexity index is 836. The number of aromatic nitrogens is 2. The molecule has 6 heteroatoms. The molecule has 1 heterocycles. The molecule has 1 aromatic heterocycles. The fraction of sp³-hybridized carbons (Fsp3) is 0.267. The highest BCUT2D eigenvalue weighted by atomic mass is 16.3. The lowest BCUT2D eigenvalue weighted by Crippen LogP contribution is -2.33. The molecule has 0 bridgehead atoms. The Morgan fingerprint density at radius 2 is 1.67 bits per heavy atom. The second-order valence-corrected chi connectivity index (χ2v) is 5.10. The SMILES string of the molecule is CC(=O)c1c(O)n(-c2c(C)cc(C)cc2C)c(=O)[nH]c1=O. The molecule has 6 nitrogen and oxygen atoms in total. The van der Waals surface area contributed by atoms with Crippen molar-refractivity contribution in [2.24, 2.45) is 0 Å². The predicted molar refractivity (Wildman–Crippen MR) is 78.5 cm³/mol.